The molecular weight excluding hydrogens is 500 g/mol. The van der Waals surface area contributed by atoms with Gasteiger partial charge in [0.1, 0.15) is 0 Å². The van der Waals surface area contributed by atoms with E-state index in [4.69, 9.17) is 23.7 Å². The number of rotatable bonds is 9. The van der Waals surface area contributed by atoms with Crippen molar-refractivity contribution in [2.45, 2.75) is 4.90 Å². The normalized spacial score (nSPS) is 14.2. The van der Waals surface area contributed by atoms with Gasteiger partial charge >= 0.3 is 0 Å². The fraction of sp³-hybridized carbons (Fsp3) is 0.360. The Balaban J connectivity index is 1.47. The van der Waals surface area contributed by atoms with Gasteiger partial charge in [0.2, 0.25) is 15.8 Å². The second-order valence-corrected chi connectivity index (χ2v) is 10.0. The molecule has 1 fully saturated rings. The van der Waals surface area contributed by atoms with Gasteiger partial charge in [0.15, 0.2) is 28.8 Å². The summed E-state index contributed by atoms with van der Waals surface area (Å²) in [5, 5.41) is 8.76. The van der Waals surface area contributed by atoms with Crippen LogP contribution in [0.1, 0.15) is 0 Å². The van der Waals surface area contributed by atoms with Crippen LogP contribution in [0.5, 0.6) is 28.7 Å². The minimum atomic E-state index is -3.69. The van der Waals surface area contributed by atoms with E-state index >= 15 is 0 Å². The van der Waals surface area contributed by atoms with Gasteiger partial charge in [-0.25, -0.2) is 8.42 Å². The van der Waals surface area contributed by atoms with E-state index in [-0.39, 0.29) is 4.90 Å². The van der Waals surface area contributed by atoms with Crippen LogP contribution in [0, 0.1) is 0 Å². The second-order valence-electron chi connectivity index (χ2n) is 8.10. The van der Waals surface area contributed by atoms with E-state index in [2.05, 4.69) is 10.2 Å². The number of nitrogens with zero attached hydrogens (tertiary/aromatic N) is 4. The van der Waals surface area contributed by atoms with Crippen molar-refractivity contribution in [1.82, 2.24) is 14.5 Å². The van der Waals surface area contributed by atoms with Gasteiger partial charge in [-0.3, -0.25) is 0 Å². The molecule has 198 valence electrons. The lowest BCUT2D eigenvalue weighted by Gasteiger charge is -2.34. The smallest absolute Gasteiger partial charge is 0.243 e. The number of anilines is 1. The number of benzene rings is 2. The Bertz CT molecular complexity index is 1320. The van der Waals surface area contributed by atoms with Crippen molar-refractivity contribution in [1.29, 1.82) is 0 Å². The highest BCUT2D eigenvalue weighted by Gasteiger charge is 2.30. The third kappa shape index (κ3) is 5.20. The van der Waals surface area contributed by atoms with Crippen LogP contribution >= 0.6 is 0 Å². The SMILES string of the molecule is COc1ccc(S(=O)(=O)N2CCN(c3ccc(-c4cc(OC)c(OC)c(OC)c4)nn3)CC2)cc1OC. The van der Waals surface area contributed by atoms with E-state index in [0.717, 1.165) is 5.56 Å². The van der Waals surface area contributed by atoms with Crippen LogP contribution in [-0.2, 0) is 10.0 Å². The molecule has 2 heterocycles. The lowest BCUT2D eigenvalue weighted by molar-refractivity contribution is 0.324. The fourth-order valence-electron chi connectivity index (χ4n) is 4.16. The predicted molar refractivity (Wildman–Crippen MR) is 138 cm³/mol. The molecule has 0 unspecified atom stereocenters. The van der Waals surface area contributed by atoms with Crippen LogP contribution in [-0.4, -0.2) is 84.6 Å². The molecule has 0 spiro atoms. The molecule has 1 aromatic heterocycles. The lowest BCUT2D eigenvalue weighted by atomic mass is 10.1. The summed E-state index contributed by atoms with van der Waals surface area (Å²) in [4.78, 5) is 2.17. The van der Waals surface area contributed by atoms with Crippen molar-refractivity contribution in [3.8, 4) is 40.0 Å². The summed E-state index contributed by atoms with van der Waals surface area (Å²) in [5.74, 6) is 3.05. The van der Waals surface area contributed by atoms with Crippen molar-refractivity contribution < 1.29 is 32.1 Å². The summed E-state index contributed by atoms with van der Waals surface area (Å²) in [5.41, 5.74) is 1.40. The summed E-state index contributed by atoms with van der Waals surface area (Å²) >= 11 is 0. The molecule has 2 aromatic carbocycles. The molecule has 0 amide bonds. The third-order valence-electron chi connectivity index (χ3n) is 6.17. The van der Waals surface area contributed by atoms with Crippen LogP contribution in [0.2, 0.25) is 0 Å². The standard InChI is InChI=1S/C25H30N4O7S/c1-32-20-8-6-18(16-21(20)33-2)37(30,31)29-12-10-28(11-13-29)24-9-7-19(26-27-24)17-14-22(34-3)25(36-5)23(15-17)35-4/h6-9,14-16H,10-13H2,1-5H3. The molecule has 4 rings (SSSR count). The van der Waals surface area contributed by atoms with Crippen molar-refractivity contribution in [3.05, 3.63) is 42.5 Å². The van der Waals surface area contributed by atoms with Gasteiger partial charge in [-0.15, -0.1) is 10.2 Å². The Morgan fingerprint density at radius 2 is 1.30 bits per heavy atom. The Hall–Kier alpha value is -3.77. The Morgan fingerprint density at radius 3 is 1.81 bits per heavy atom. The van der Waals surface area contributed by atoms with E-state index in [0.29, 0.717) is 66.4 Å². The molecule has 0 bridgehead atoms. The molecule has 1 aliphatic rings. The fourth-order valence-corrected chi connectivity index (χ4v) is 5.60. The molecule has 11 nitrogen and oxygen atoms in total. The van der Waals surface area contributed by atoms with Crippen LogP contribution in [0.25, 0.3) is 11.3 Å². The van der Waals surface area contributed by atoms with Crippen molar-refractivity contribution in [3.63, 3.8) is 0 Å². The van der Waals surface area contributed by atoms with Crippen molar-refractivity contribution >= 4 is 15.8 Å². The molecule has 37 heavy (non-hydrogen) atoms. The average molecular weight is 531 g/mol. The van der Waals surface area contributed by atoms with Gasteiger partial charge in [-0.1, -0.05) is 0 Å². The van der Waals surface area contributed by atoms with Crippen molar-refractivity contribution in [2.24, 2.45) is 0 Å². The first-order chi connectivity index (χ1) is 17.9. The maximum atomic E-state index is 13.2. The average Bonchev–Trinajstić information content (AvgIpc) is 2.95. The van der Waals surface area contributed by atoms with E-state index in [1.807, 2.05) is 29.2 Å². The zero-order valence-corrected chi connectivity index (χ0v) is 22.2. The Kier molecular flexibility index (Phi) is 7.89. The van der Waals surface area contributed by atoms with Gasteiger partial charge < -0.3 is 28.6 Å². The van der Waals surface area contributed by atoms with Gasteiger partial charge in [0.05, 0.1) is 46.1 Å². The first-order valence-electron chi connectivity index (χ1n) is 11.5. The Morgan fingerprint density at radius 1 is 0.676 bits per heavy atom. The quantitative estimate of drug-likeness (QED) is 0.409. The molecule has 1 aliphatic heterocycles. The minimum Gasteiger partial charge on any atom is -0.493 e. The molecule has 0 N–H and O–H groups in total. The number of methoxy groups -OCH3 is 5. The summed E-state index contributed by atoms with van der Waals surface area (Å²) in [7, 11) is 3.95. The van der Waals surface area contributed by atoms with E-state index in [9.17, 15) is 8.42 Å². The van der Waals surface area contributed by atoms with Gasteiger partial charge in [0, 0.05) is 37.8 Å². The van der Waals surface area contributed by atoms with E-state index in [1.54, 1.807) is 27.4 Å². The van der Waals surface area contributed by atoms with Crippen LogP contribution in [0.4, 0.5) is 5.82 Å². The molecule has 1 saturated heterocycles. The first-order valence-corrected chi connectivity index (χ1v) is 12.9. The topological polar surface area (TPSA) is 113 Å². The maximum absolute atomic E-state index is 13.2. The number of aromatic nitrogens is 2. The summed E-state index contributed by atoms with van der Waals surface area (Å²) in [6.45, 7) is 1.58. The maximum Gasteiger partial charge on any atom is 0.243 e. The number of piperazine rings is 1. The van der Waals surface area contributed by atoms with E-state index < -0.39 is 10.0 Å². The first kappa shape index (κ1) is 26.3. The van der Waals surface area contributed by atoms with Gasteiger partial charge in [0.25, 0.3) is 0 Å². The summed E-state index contributed by atoms with van der Waals surface area (Å²) in [6.07, 6.45) is 0. The second kappa shape index (κ2) is 11.1. The Labute approximate surface area is 216 Å². The monoisotopic (exact) mass is 530 g/mol. The zero-order chi connectivity index (χ0) is 26.6. The van der Waals surface area contributed by atoms with Gasteiger partial charge in [-0.2, -0.15) is 4.31 Å². The van der Waals surface area contributed by atoms with Crippen LogP contribution in [0.3, 0.4) is 0 Å². The molecule has 0 radical (unpaired) electrons. The van der Waals surface area contributed by atoms with Crippen LogP contribution in [0.15, 0.2) is 47.4 Å². The molecule has 3 aromatic rings. The zero-order valence-electron chi connectivity index (χ0n) is 21.4. The van der Waals surface area contributed by atoms with Crippen molar-refractivity contribution in [2.75, 3.05) is 66.6 Å². The third-order valence-corrected chi connectivity index (χ3v) is 8.06. The molecule has 0 aliphatic carbocycles. The highest BCUT2D eigenvalue weighted by molar-refractivity contribution is 7.89. The molecule has 0 saturated carbocycles. The highest BCUT2D eigenvalue weighted by Crippen LogP contribution is 2.40. The number of hydrogen-bond acceptors (Lipinski definition) is 10. The highest BCUT2D eigenvalue weighted by atomic mass is 32.2. The van der Waals surface area contributed by atoms with Crippen LogP contribution < -0.4 is 28.6 Å². The summed E-state index contributed by atoms with van der Waals surface area (Å²) < 4.78 is 54.6. The summed E-state index contributed by atoms with van der Waals surface area (Å²) in [6, 6.07) is 11.9. The molecular formula is C25H30N4O7S. The number of hydrogen-bond donors (Lipinski definition) is 0. The number of sulfonamides is 1. The van der Waals surface area contributed by atoms with Gasteiger partial charge in [-0.05, 0) is 36.4 Å². The largest absolute Gasteiger partial charge is 0.493 e. The predicted octanol–water partition coefficient (Wildman–Crippen LogP) is 2.70. The lowest BCUT2D eigenvalue weighted by Crippen LogP contribution is -2.49. The molecule has 12 heteroatoms. The molecule has 0 atom stereocenters. The number of ether oxygens (including phenoxy) is 5. The minimum absolute atomic E-state index is 0.160. The van der Waals surface area contributed by atoms with E-state index in [1.165, 1.54) is 30.7 Å².